The lowest BCUT2D eigenvalue weighted by Gasteiger charge is -2.19. The van der Waals surface area contributed by atoms with Crippen LogP contribution in [0.4, 0.5) is 0 Å². The molecule has 0 heterocycles. The van der Waals surface area contributed by atoms with E-state index in [9.17, 15) is 13.2 Å². The minimum atomic E-state index is -3.88. The normalized spacial score (nSPS) is 12.6. The van der Waals surface area contributed by atoms with Crippen molar-refractivity contribution in [1.29, 1.82) is 0 Å². The molecule has 1 amide bonds. The Balaban J connectivity index is 1.44. The Bertz CT molecular complexity index is 1560. The second-order valence-electron chi connectivity index (χ2n) is 9.82. The molecule has 39 heavy (non-hydrogen) atoms. The predicted octanol–water partition coefficient (Wildman–Crippen LogP) is 5.57. The average molecular weight is 544 g/mol. The van der Waals surface area contributed by atoms with Crippen LogP contribution in [0.2, 0.25) is 0 Å². The van der Waals surface area contributed by atoms with E-state index in [2.05, 4.69) is 33.4 Å². The van der Waals surface area contributed by atoms with Crippen LogP contribution in [0.25, 0.3) is 10.8 Å². The lowest BCUT2D eigenvalue weighted by molar-refractivity contribution is -0.123. The molecule has 0 aliphatic heterocycles. The first-order valence-corrected chi connectivity index (χ1v) is 14.3. The highest BCUT2D eigenvalue weighted by atomic mass is 32.2. The molecule has 0 bridgehead atoms. The van der Waals surface area contributed by atoms with Gasteiger partial charge in [-0.1, -0.05) is 86.1 Å². The minimum Gasteiger partial charge on any atom is -0.488 e. The molecule has 0 radical (unpaired) electrons. The van der Waals surface area contributed by atoms with Crippen LogP contribution < -0.4 is 14.9 Å². The van der Waals surface area contributed by atoms with Crippen LogP contribution in [0.3, 0.4) is 0 Å². The summed E-state index contributed by atoms with van der Waals surface area (Å²) in [5.41, 5.74) is 5.18. The van der Waals surface area contributed by atoms with Crippen LogP contribution in [0, 0.1) is 12.8 Å². The maximum atomic E-state index is 13.0. The zero-order valence-corrected chi connectivity index (χ0v) is 23.1. The largest absolute Gasteiger partial charge is 0.488 e. The summed E-state index contributed by atoms with van der Waals surface area (Å²) in [5, 5.41) is 6.38. The molecule has 8 heteroatoms. The third-order valence-corrected chi connectivity index (χ3v) is 7.70. The molecule has 0 saturated carbocycles. The first kappa shape index (κ1) is 28.0. The fourth-order valence-corrected chi connectivity index (χ4v) is 5.40. The van der Waals surface area contributed by atoms with Gasteiger partial charge in [-0.2, -0.15) is 9.82 Å². The molecule has 202 valence electrons. The molecule has 4 rings (SSSR count). The van der Waals surface area contributed by atoms with Crippen LogP contribution in [-0.2, 0) is 21.4 Å². The van der Waals surface area contributed by atoms with Crippen molar-refractivity contribution in [1.82, 2.24) is 10.1 Å². The quantitative estimate of drug-likeness (QED) is 0.191. The Labute approximate surface area is 230 Å². The van der Waals surface area contributed by atoms with Gasteiger partial charge in [-0.25, -0.2) is 13.8 Å². The second-order valence-corrected chi connectivity index (χ2v) is 11.5. The highest BCUT2D eigenvalue weighted by Crippen LogP contribution is 2.22. The number of nitrogens with zero attached hydrogens (tertiary/aromatic N) is 1. The van der Waals surface area contributed by atoms with Crippen molar-refractivity contribution < 1.29 is 17.9 Å². The molecule has 7 nitrogen and oxygen atoms in total. The van der Waals surface area contributed by atoms with E-state index in [-0.39, 0.29) is 10.8 Å². The Kier molecular flexibility index (Phi) is 9.11. The highest BCUT2D eigenvalue weighted by Gasteiger charge is 2.26. The van der Waals surface area contributed by atoms with Crippen molar-refractivity contribution in [2.75, 3.05) is 0 Å². The first-order valence-electron chi connectivity index (χ1n) is 12.8. The van der Waals surface area contributed by atoms with E-state index < -0.39 is 22.0 Å². The molecule has 0 aromatic heterocycles. The van der Waals surface area contributed by atoms with Gasteiger partial charge >= 0.3 is 0 Å². The number of hydrogen-bond donors (Lipinski definition) is 2. The lowest BCUT2D eigenvalue weighted by Crippen LogP contribution is -2.46. The maximum Gasteiger partial charge on any atom is 0.258 e. The number of carbonyl (C=O) groups excluding carboxylic acids is 1. The summed E-state index contributed by atoms with van der Waals surface area (Å²) in [5.74, 6) is 0.153. The summed E-state index contributed by atoms with van der Waals surface area (Å²) in [4.78, 5) is 13.1. The number of hydrazone groups is 1. The van der Waals surface area contributed by atoms with E-state index >= 15 is 0 Å². The molecule has 0 aliphatic carbocycles. The fourth-order valence-electron chi connectivity index (χ4n) is 4.19. The Morgan fingerprint density at radius 1 is 0.923 bits per heavy atom. The van der Waals surface area contributed by atoms with Gasteiger partial charge in [0, 0.05) is 5.56 Å². The van der Waals surface area contributed by atoms with Crippen LogP contribution in [-0.4, -0.2) is 26.6 Å². The van der Waals surface area contributed by atoms with Crippen molar-refractivity contribution in [2.45, 2.75) is 44.7 Å². The number of nitrogens with one attached hydrogen (secondary N) is 2. The third-order valence-electron chi connectivity index (χ3n) is 6.21. The molecule has 0 fully saturated rings. The summed E-state index contributed by atoms with van der Waals surface area (Å²) >= 11 is 0. The topological polar surface area (TPSA) is 96.9 Å². The van der Waals surface area contributed by atoms with Gasteiger partial charge in [0.25, 0.3) is 5.91 Å². The van der Waals surface area contributed by atoms with Gasteiger partial charge in [0.15, 0.2) is 0 Å². The standard InChI is InChI=1S/C31H33N3O4S/c1-22(2)19-29(34-39(36,37)27-17-15-23(3)16-18-27)31(35)33-32-20-25-10-5-7-14-30(25)38-21-26-12-8-11-24-9-4-6-13-28(24)26/h4-18,20,22,29,34H,19,21H2,1-3H3,(H,33,35)/b32-20-/t29-/m1/s1. The summed E-state index contributed by atoms with van der Waals surface area (Å²) in [7, 11) is -3.88. The van der Waals surface area contributed by atoms with Gasteiger partial charge in [0.05, 0.1) is 11.1 Å². The zero-order valence-electron chi connectivity index (χ0n) is 22.3. The van der Waals surface area contributed by atoms with Gasteiger partial charge in [-0.3, -0.25) is 4.79 Å². The molecule has 4 aromatic carbocycles. The van der Waals surface area contributed by atoms with Gasteiger partial charge in [0.2, 0.25) is 10.0 Å². The van der Waals surface area contributed by atoms with Crippen molar-refractivity contribution in [3.63, 3.8) is 0 Å². The SMILES string of the molecule is Cc1ccc(S(=O)(=O)N[C@H](CC(C)C)C(=O)N/N=C\c2ccccc2OCc2cccc3ccccc23)cc1. The number of fused-ring (bicyclic) bond motifs is 1. The number of aryl methyl sites for hydroxylation is 1. The predicted molar refractivity (Wildman–Crippen MR) is 155 cm³/mol. The third kappa shape index (κ3) is 7.52. The van der Waals surface area contributed by atoms with Crippen molar-refractivity contribution in [2.24, 2.45) is 11.0 Å². The highest BCUT2D eigenvalue weighted by molar-refractivity contribution is 7.89. The minimum absolute atomic E-state index is 0.0774. The molecule has 0 spiro atoms. The van der Waals surface area contributed by atoms with Gasteiger partial charge in [-0.15, -0.1) is 0 Å². The van der Waals surface area contributed by atoms with E-state index in [1.165, 1.54) is 18.3 Å². The zero-order chi connectivity index (χ0) is 27.8. The van der Waals surface area contributed by atoms with Crippen molar-refractivity contribution in [3.05, 3.63) is 108 Å². The molecule has 4 aromatic rings. The van der Waals surface area contributed by atoms with Crippen molar-refractivity contribution >= 4 is 32.9 Å². The lowest BCUT2D eigenvalue weighted by atomic mass is 10.0. The van der Waals surface area contributed by atoms with E-state index in [0.29, 0.717) is 24.3 Å². The molecule has 2 N–H and O–H groups in total. The van der Waals surface area contributed by atoms with Gasteiger partial charge < -0.3 is 4.74 Å². The van der Waals surface area contributed by atoms with Gasteiger partial charge in [0.1, 0.15) is 18.4 Å². The summed E-state index contributed by atoms with van der Waals surface area (Å²) in [6, 6.07) is 27.1. The van der Waals surface area contributed by atoms with Crippen LogP contribution in [0.1, 0.15) is 37.0 Å². The average Bonchev–Trinajstić information content (AvgIpc) is 2.92. The summed E-state index contributed by atoms with van der Waals surface area (Å²) < 4.78 is 34.5. The second kappa shape index (κ2) is 12.7. The molecular formula is C31H33N3O4S. The number of carbonyl (C=O) groups is 1. The molecule has 0 unspecified atom stereocenters. The van der Waals surface area contributed by atoms with E-state index in [1.54, 1.807) is 12.1 Å². The molecule has 1 atom stereocenters. The van der Waals surface area contributed by atoms with Crippen LogP contribution in [0.5, 0.6) is 5.75 Å². The number of ether oxygens (including phenoxy) is 1. The van der Waals surface area contributed by atoms with Crippen LogP contribution >= 0.6 is 0 Å². The number of benzene rings is 4. The van der Waals surface area contributed by atoms with Gasteiger partial charge in [-0.05, 0) is 59.9 Å². The Morgan fingerprint density at radius 3 is 2.38 bits per heavy atom. The fraction of sp³-hybridized carbons (Fsp3) is 0.226. The number of hydrogen-bond acceptors (Lipinski definition) is 5. The molecule has 0 saturated heterocycles. The number of para-hydroxylation sites is 1. The number of rotatable bonds is 11. The Hall–Kier alpha value is -4.01. The van der Waals surface area contributed by atoms with E-state index in [4.69, 9.17) is 4.74 Å². The van der Waals surface area contributed by atoms with E-state index in [0.717, 1.165) is 21.9 Å². The molecular weight excluding hydrogens is 510 g/mol. The van der Waals surface area contributed by atoms with Crippen LogP contribution in [0.15, 0.2) is 101 Å². The number of amides is 1. The van der Waals surface area contributed by atoms with Crippen molar-refractivity contribution in [3.8, 4) is 5.75 Å². The Morgan fingerprint density at radius 2 is 1.62 bits per heavy atom. The summed E-state index contributed by atoms with van der Waals surface area (Å²) in [6.07, 6.45) is 1.81. The number of sulfonamides is 1. The van der Waals surface area contributed by atoms with E-state index in [1.807, 2.05) is 69.3 Å². The monoisotopic (exact) mass is 543 g/mol. The molecule has 0 aliphatic rings. The summed E-state index contributed by atoms with van der Waals surface area (Å²) in [6.45, 7) is 6.10. The first-order chi connectivity index (χ1) is 18.7. The maximum absolute atomic E-state index is 13.0. The smallest absolute Gasteiger partial charge is 0.258 e.